The van der Waals surface area contributed by atoms with E-state index >= 15 is 0 Å². The predicted octanol–water partition coefficient (Wildman–Crippen LogP) is 2.87. The Balaban J connectivity index is 1.78. The maximum Gasteiger partial charge on any atom is 0.226 e. The molecule has 1 saturated heterocycles. The third kappa shape index (κ3) is 3.53. The molecule has 2 aliphatic rings. The molecule has 2 unspecified atom stereocenters. The van der Waals surface area contributed by atoms with Crippen molar-refractivity contribution in [3.05, 3.63) is 47.8 Å². The molecule has 1 aromatic carbocycles. The number of carbonyl (C=O) groups excluding carboxylic acids is 1. The average Bonchev–Trinajstić information content (AvgIpc) is 2.74. The van der Waals surface area contributed by atoms with Crippen LogP contribution in [-0.2, 0) is 14.6 Å². The standard InChI is InChI=1S/C18H22FNO3S/c19-16-9-5-4-8-15(16)17-10-11-20(12-13-24(17,22)23)18(21)14-6-2-1-3-7-14/h1-2,4-5,8-9,14,17H,3,6-7,10-13H2. The van der Waals surface area contributed by atoms with Gasteiger partial charge in [0.15, 0.2) is 9.84 Å². The molecule has 1 aliphatic heterocycles. The lowest BCUT2D eigenvalue weighted by atomic mass is 9.93. The maximum absolute atomic E-state index is 14.0. The smallest absolute Gasteiger partial charge is 0.226 e. The number of allylic oxidation sites excluding steroid dienone is 2. The number of carbonyl (C=O) groups is 1. The first-order valence-electron chi connectivity index (χ1n) is 8.39. The van der Waals surface area contributed by atoms with Crippen molar-refractivity contribution in [3.8, 4) is 0 Å². The van der Waals surface area contributed by atoms with E-state index in [0.717, 1.165) is 19.3 Å². The van der Waals surface area contributed by atoms with Gasteiger partial charge in [0.2, 0.25) is 5.91 Å². The summed E-state index contributed by atoms with van der Waals surface area (Å²) < 4.78 is 39.2. The molecular weight excluding hydrogens is 329 g/mol. The summed E-state index contributed by atoms with van der Waals surface area (Å²) in [5, 5.41) is -0.872. The van der Waals surface area contributed by atoms with Crippen molar-refractivity contribution in [2.75, 3.05) is 18.8 Å². The molecule has 0 saturated carbocycles. The number of amides is 1. The fourth-order valence-electron chi connectivity index (χ4n) is 3.53. The lowest BCUT2D eigenvalue weighted by Gasteiger charge is -2.26. The first-order valence-corrected chi connectivity index (χ1v) is 10.1. The summed E-state index contributed by atoms with van der Waals surface area (Å²) in [7, 11) is -3.48. The van der Waals surface area contributed by atoms with E-state index in [2.05, 4.69) is 6.08 Å². The van der Waals surface area contributed by atoms with Crippen molar-refractivity contribution < 1.29 is 17.6 Å². The lowest BCUT2D eigenvalue weighted by molar-refractivity contribution is -0.135. The highest BCUT2D eigenvalue weighted by atomic mass is 32.2. The van der Waals surface area contributed by atoms with Crippen molar-refractivity contribution in [3.63, 3.8) is 0 Å². The minimum atomic E-state index is -3.48. The van der Waals surface area contributed by atoms with Crippen LogP contribution < -0.4 is 0 Å². The number of nitrogens with zero attached hydrogens (tertiary/aromatic N) is 1. The molecule has 0 N–H and O–H groups in total. The van der Waals surface area contributed by atoms with Crippen LogP contribution in [0.3, 0.4) is 0 Å². The second-order valence-electron chi connectivity index (χ2n) is 6.47. The molecule has 0 spiro atoms. The van der Waals surface area contributed by atoms with E-state index in [1.807, 2.05) is 6.08 Å². The Morgan fingerprint density at radius 2 is 1.92 bits per heavy atom. The molecule has 4 nitrogen and oxygen atoms in total. The molecule has 130 valence electrons. The highest BCUT2D eigenvalue weighted by Gasteiger charge is 2.35. The van der Waals surface area contributed by atoms with Gasteiger partial charge in [-0.05, 0) is 31.7 Å². The molecule has 0 radical (unpaired) electrons. The Morgan fingerprint density at radius 3 is 2.62 bits per heavy atom. The largest absolute Gasteiger partial charge is 0.341 e. The van der Waals surface area contributed by atoms with Crippen molar-refractivity contribution >= 4 is 15.7 Å². The molecule has 0 aromatic heterocycles. The number of benzene rings is 1. The SMILES string of the molecule is O=C(C1CC=CCC1)N1CCC(c2ccccc2F)S(=O)(=O)CC1. The normalized spacial score (nSPS) is 26.8. The van der Waals surface area contributed by atoms with E-state index in [-0.39, 0.29) is 36.1 Å². The van der Waals surface area contributed by atoms with Crippen LogP contribution in [0.15, 0.2) is 36.4 Å². The number of halogens is 1. The zero-order valence-corrected chi connectivity index (χ0v) is 14.3. The van der Waals surface area contributed by atoms with Gasteiger partial charge in [-0.25, -0.2) is 12.8 Å². The zero-order chi connectivity index (χ0) is 17.2. The molecule has 1 aliphatic carbocycles. The molecule has 24 heavy (non-hydrogen) atoms. The van der Waals surface area contributed by atoms with Crippen LogP contribution in [0.4, 0.5) is 4.39 Å². The minimum Gasteiger partial charge on any atom is -0.341 e. The summed E-state index contributed by atoms with van der Waals surface area (Å²) in [6.07, 6.45) is 6.76. The molecule has 1 heterocycles. The lowest BCUT2D eigenvalue weighted by Crippen LogP contribution is -2.38. The van der Waals surface area contributed by atoms with Crippen molar-refractivity contribution in [1.82, 2.24) is 4.90 Å². The fourth-order valence-corrected chi connectivity index (χ4v) is 5.33. The van der Waals surface area contributed by atoms with Crippen LogP contribution in [0.1, 0.15) is 36.5 Å². The monoisotopic (exact) mass is 351 g/mol. The van der Waals surface area contributed by atoms with Gasteiger partial charge in [-0.2, -0.15) is 0 Å². The van der Waals surface area contributed by atoms with Gasteiger partial charge in [0, 0.05) is 24.6 Å². The van der Waals surface area contributed by atoms with Gasteiger partial charge < -0.3 is 4.90 Å². The van der Waals surface area contributed by atoms with Gasteiger partial charge in [0.25, 0.3) is 0 Å². The van der Waals surface area contributed by atoms with Gasteiger partial charge in [-0.1, -0.05) is 30.4 Å². The van der Waals surface area contributed by atoms with Crippen LogP contribution in [0.25, 0.3) is 0 Å². The average molecular weight is 351 g/mol. The molecule has 3 rings (SSSR count). The van der Waals surface area contributed by atoms with E-state index in [1.54, 1.807) is 17.0 Å². The van der Waals surface area contributed by atoms with E-state index in [9.17, 15) is 17.6 Å². The summed E-state index contributed by atoms with van der Waals surface area (Å²) in [4.78, 5) is 14.3. The van der Waals surface area contributed by atoms with E-state index in [4.69, 9.17) is 0 Å². The van der Waals surface area contributed by atoms with Crippen LogP contribution >= 0.6 is 0 Å². The number of hydrogen-bond donors (Lipinski definition) is 0. The Bertz CT molecular complexity index is 744. The highest BCUT2D eigenvalue weighted by molar-refractivity contribution is 7.91. The van der Waals surface area contributed by atoms with Gasteiger partial charge >= 0.3 is 0 Å². The van der Waals surface area contributed by atoms with Crippen LogP contribution in [0, 0.1) is 11.7 Å². The minimum absolute atomic E-state index is 0.0312. The molecular formula is C18H22FNO3S. The first kappa shape index (κ1) is 17.1. The molecule has 1 fully saturated rings. The van der Waals surface area contributed by atoms with Crippen molar-refractivity contribution in [2.45, 2.75) is 30.9 Å². The van der Waals surface area contributed by atoms with Crippen LogP contribution in [-0.4, -0.2) is 38.1 Å². The van der Waals surface area contributed by atoms with E-state index < -0.39 is 20.9 Å². The number of hydrogen-bond acceptors (Lipinski definition) is 3. The third-order valence-electron chi connectivity index (χ3n) is 4.92. The quantitative estimate of drug-likeness (QED) is 0.770. The molecule has 1 aromatic rings. The molecule has 1 amide bonds. The molecule has 2 atom stereocenters. The Labute approximate surface area is 142 Å². The zero-order valence-electron chi connectivity index (χ0n) is 13.5. The van der Waals surface area contributed by atoms with Gasteiger partial charge in [0.05, 0.1) is 11.0 Å². The molecule has 0 bridgehead atoms. The first-order chi connectivity index (χ1) is 11.5. The van der Waals surface area contributed by atoms with Crippen LogP contribution in [0.2, 0.25) is 0 Å². The Hall–Kier alpha value is -1.69. The molecule has 6 heteroatoms. The van der Waals surface area contributed by atoms with Gasteiger partial charge in [0.1, 0.15) is 5.82 Å². The summed E-state index contributed by atoms with van der Waals surface area (Å²) in [6, 6.07) is 6.01. The summed E-state index contributed by atoms with van der Waals surface area (Å²) >= 11 is 0. The summed E-state index contributed by atoms with van der Waals surface area (Å²) in [6.45, 7) is 0.559. The fraction of sp³-hybridized carbons (Fsp3) is 0.500. The Kier molecular flexibility index (Phi) is 5.04. The summed E-state index contributed by atoms with van der Waals surface area (Å²) in [5.41, 5.74) is 0.215. The highest BCUT2D eigenvalue weighted by Crippen LogP contribution is 2.32. The predicted molar refractivity (Wildman–Crippen MR) is 90.6 cm³/mol. The maximum atomic E-state index is 14.0. The van der Waals surface area contributed by atoms with Crippen LogP contribution in [0.5, 0.6) is 0 Å². The van der Waals surface area contributed by atoms with Crippen molar-refractivity contribution in [2.24, 2.45) is 5.92 Å². The second-order valence-corrected chi connectivity index (χ2v) is 8.78. The van der Waals surface area contributed by atoms with Gasteiger partial charge in [-0.3, -0.25) is 4.79 Å². The second kappa shape index (κ2) is 7.05. The van der Waals surface area contributed by atoms with E-state index in [1.165, 1.54) is 12.1 Å². The number of sulfone groups is 1. The van der Waals surface area contributed by atoms with Gasteiger partial charge in [-0.15, -0.1) is 0 Å². The summed E-state index contributed by atoms with van der Waals surface area (Å²) in [5.74, 6) is -0.630. The number of rotatable bonds is 2. The third-order valence-corrected chi connectivity index (χ3v) is 7.03. The Morgan fingerprint density at radius 1 is 1.12 bits per heavy atom. The topological polar surface area (TPSA) is 54.5 Å². The van der Waals surface area contributed by atoms with Crippen molar-refractivity contribution in [1.29, 1.82) is 0 Å². The van der Waals surface area contributed by atoms with E-state index in [0.29, 0.717) is 6.54 Å².